The molecule has 9 heteroatoms. The second-order valence-electron chi connectivity index (χ2n) is 9.63. The summed E-state index contributed by atoms with van der Waals surface area (Å²) in [6, 6.07) is 13.2. The van der Waals surface area contributed by atoms with E-state index in [1.165, 1.54) is 22.8 Å². The maximum atomic E-state index is 13.0. The van der Waals surface area contributed by atoms with Crippen molar-refractivity contribution in [2.75, 3.05) is 51.4 Å². The van der Waals surface area contributed by atoms with Gasteiger partial charge in [-0.3, -0.25) is 4.79 Å². The summed E-state index contributed by atoms with van der Waals surface area (Å²) in [5.74, 6) is 1.20. The predicted octanol–water partition coefficient (Wildman–Crippen LogP) is 3.20. The molecule has 0 saturated carbocycles. The molecule has 2 aromatic rings. The van der Waals surface area contributed by atoms with Crippen LogP contribution in [-0.4, -0.2) is 65.1 Å². The SMILES string of the molecule is COc1ccc(S(=O)(=O)N2CCOCC2)cc1CCC(=O)NCc1ccc(N2CCCC(C)C2)cc1. The van der Waals surface area contributed by atoms with Crippen molar-refractivity contribution in [2.24, 2.45) is 5.92 Å². The Hall–Kier alpha value is -2.62. The molecule has 2 fully saturated rings. The van der Waals surface area contributed by atoms with Gasteiger partial charge < -0.3 is 19.7 Å². The standard InChI is InChI=1S/C27H37N3O5S/c1-21-4-3-13-29(20-21)24-8-5-22(6-9-24)19-28-27(31)12-7-23-18-25(10-11-26(23)34-2)36(32,33)30-14-16-35-17-15-30/h5-6,8-11,18,21H,3-4,7,12-17,19-20H2,1-2H3,(H,28,31). The van der Waals surface area contributed by atoms with E-state index in [1.54, 1.807) is 25.3 Å². The number of hydrogen-bond acceptors (Lipinski definition) is 6. The van der Waals surface area contributed by atoms with E-state index in [9.17, 15) is 13.2 Å². The number of aryl methyl sites for hydroxylation is 1. The summed E-state index contributed by atoms with van der Waals surface area (Å²) in [7, 11) is -2.07. The fraction of sp³-hybridized carbons (Fsp3) is 0.519. The van der Waals surface area contributed by atoms with Crippen LogP contribution in [0.15, 0.2) is 47.4 Å². The van der Waals surface area contributed by atoms with Crippen molar-refractivity contribution in [3.05, 3.63) is 53.6 Å². The lowest BCUT2D eigenvalue weighted by Gasteiger charge is -2.32. The van der Waals surface area contributed by atoms with Crippen molar-refractivity contribution >= 4 is 21.6 Å². The molecular formula is C27H37N3O5S. The van der Waals surface area contributed by atoms with Crippen LogP contribution in [0.5, 0.6) is 5.75 Å². The molecular weight excluding hydrogens is 478 g/mol. The van der Waals surface area contributed by atoms with Crippen LogP contribution in [0.1, 0.15) is 37.3 Å². The molecule has 1 atom stereocenters. The highest BCUT2D eigenvalue weighted by molar-refractivity contribution is 7.89. The Kier molecular flexibility index (Phi) is 8.87. The van der Waals surface area contributed by atoms with Gasteiger partial charge in [0.15, 0.2) is 0 Å². The van der Waals surface area contributed by atoms with E-state index in [-0.39, 0.29) is 17.2 Å². The van der Waals surface area contributed by atoms with Crippen molar-refractivity contribution in [3.8, 4) is 5.75 Å². The molecule has 8 nitrogen and oxygen atoms in total. The van der Waals surface area contributed by atoms with E-state index in [4.69, 9.17) is 9.47 Å². The van der Waals surface area contributed by atoms with Gasteiger partial charge in [0.2, 0.25) is 15.9 Å². The monoisotopic (exact) mass is 515 g/mol. The second kappa shape index (κ2) is 12.1. The quantitative estimate of drug-likeness (QED) is 0.552. The van der Waals surface area contributed by atoms with Crippen LogP contribution in [0, 0.1) is 5.92 Å². The van der Waals surface area contributed by atoms with Gasteiger partial charge in [0, 0.05) is 44.8 Å². The first-order valence-corrected chi connectivity index (χ1v) is 14.2. The van der Waals surface area contributed by atoms with Crippen LogP contribution in [0.25, 0.3) is 0 Å². The molecule has 0 aromatic heterocycles. The zero-order valence-corrected chi connectivity index (χ0v) is 22.1. The summed E-state index contributed by atoms with van der Waals surface area (Å²) in [6.07, 6.45) is 3.14. The normalized spacial score (nSPS) is 19.2. The smallest absolute Gasteiger partial charge is 0.243 e. The van der Waals surface area contributed by atoms with Gasteiger partial charge in [-0.1, -0.05) is 19.1 Å². The van der Waals surface area contributed by atoms with Gasteiger partial charge in [-0.2, -0.15) is 4.31 Å². The van der Waals surface area contributed by atoms with E-state index >= 15 is 0 Å². The highest BCUT2D eigenvalue weighted by atomic mass is 32.2. The number of nitrogens with one attached hydrogen (secondary N) is 1. The average Bonchev–Trinajstić information content (AvgIpc) is 2.91. The second-order valence-corrected chi connectivity index (χ2v) is 11.6. The third-order valence-corrected chi connectivity index (χ3v) is 8.82. The lowest BCUT2D eigenvalue weighted by Crippen LogP contribution is -2.40. The number of anilines is 1. The molecule has 2 aliphatic heterocycles. The number of carbonyl (C=O) groups excluding carboxylic acids is 1. The number of hydrogen-bond donors (Lipinski definition) is 1. The van der Waals surface area contributed by atoms with Crippen molar-refractivity contribution in [1.82, 2.24) is 9.62 Å². The summed E-state index contributed by atoms with van der Waals surface area (Å²) < 4.78 is 38.2. The summed E-state index contributed by atoms with van der Waals surface area (Å²) >= 11 is 0. The molecule has 0 radical (unpaired) electrons. The zero-order valence-electron chi connectivity index (χ0n) is 21.2. The Morgan fingerprint density at radius 3 is 2.56 bits per heavy atom. The van der Waals surface area contributed by atoms with Crippen LogP contribution < -0.4 is 15.0 Å². The molecule has 2 aromatic carbocycles. The average molecular weight is 516 g/mol. The van der Waals surface area contributed by atoms with Crippen molar-refractivity contribution in [2.45, 2.75) is 44.0 Å². The first kappa shape index (κ1) is 26.4. The van der Waals surface area contributed by atoms with Crippen LogP contribution in [0.3, 0.4) is 0 Å². The Labute approximate surface area is 214 Å². The molecule has 196 valence electrons. The Balaban J connectivity index is 1.32. The van der Waals surface area contributed by atoms with Crippen molar-refractivity contribution in [3.63, 3.8) is 0 Å². The van der Waals surface area contributed by atoms with Gasteiger partial charge in [-0.25, -0.2) is 8.42 Å². The van der Waals surface area contributed by atoms with E-state index in [2.05, 4.69) is 41.4 Å². The van der Waals surface area contributed by atoms with Crippen molar-refractivity contribution in [1.29, 1.82) is 0 Å². The number of amides is 1. The van der Waals surface area contributed by atoms with Crippen LogP contribution >= 0.6 is 0 Å². The van der Waals surface area contributed by atoms with Gasteiger partial charge in [0.05, 0.1) is 25.2 Å². The molecule has 0 spiro atoms. The molecule has 1 N–H and O–H groups in total. The molecule has 0 aliphatic carbocycles. The molecule has 36 heavy (non-hydrogen) atoms. The molecule has 1 unspecified atom stereocenters. The van der Waals surface area contributed by atoms with Gasteiger partial charge in [-0.15, -0.1) is 0 Å². The molecule has 0 bridgehead atoms. The third kappa shape index (κ3) is 6.57. The Bertz CT molecular complexity index is 1130. The number of carbonyl (C=O) groups is 1. The van der Waals surface area contributed by atoms with Gasteiger partial charge in [0.25, 0.3) is 0 Å². The number of sulfonamides is 1. The third-order valence-electron chi connectivity index (χ3n) is 6.93. The van der Waals surface area contributed by atoms with E-state index in [1.807, 2.05) is 0 Å². The lowest BCUT2D eigenvalue weighted by molar-refractivity contribution is -0.121. The highest BCUT2D eigenvalue weighted by Gasteiger charge is 2.27. The zero-order chi connectivity index (χ0) is 25.5. The summed E-state index contributed by atoms with van der Waals surface area (Å²) in [6.45, 7) is 6.40. The first-order chi connectivity index (χ1) is 17.4. The largest absolute Gasteiger partial charge is 0.496 e. The number of nitrogens with zero attached hydrogens (tertiary/aromatic N) is 2. The molecule has 4 rings (SSSR count). The van der Waals surface area contributed by atoms with Crippen LogP contribution in [-0.2, 0) is 32.5 Å². The molecule has 2 heterocycles. The topological polar surface area (TPSA) is 88.2 Å². The number of ether oxygens (including phenoxy) is 2. The minimum Gasteiger partial charge on any atom is -0.496 e. The predicted molar refractivity (Wildman–Crippen MR) is 140 cm³/mol. The maximum Gasteiger partial charge on any atom is 0.243 e. The van der Waals surface area contributed by atoms with Crippen molar-refractivity contribution < 1.29 is 22.7 Å². The summed E-state index contributed by atoms with van der Waals surface area (Å²) in [4.78, 5) is 15.2. The summed E-state index contributed by atoms with van der Waals surface area (Å²) in [5, 5.41) is 2.98. The van der Waals surface area contributed by atoms with Crippen LogP contribution in [0.4, 0.5) is 5.69 Å². The Morgan fingerprint density at radius 1 is 1.11 bits per heavy atom. The highest BCUT2D eigenvalue weighted by Crippen LogP contribution is 2.26. The Morgan fingerprint density at radius 2 is 1.86 bits per heavy atom. The van der Waals surface area contributed by atoms with Gasteiger partial charge in [-0.05, 0) is 66.6 Å². The fourth-order valence-electron chi connectivity index (χ4n) is 4.83. The van der Waals surface area contributed by atoms with E-state index < -0.39 is 10.0 Å². The van der Waals surface area contributed by atoms with E-state index in [0.29, 0.717) is 50.6 Å². The molecule has 2 aliphatic rings. The molecule has 1 amide bonds. The first-order valence-electron chi connectivity index (χ1n) is 12.7. The van der Waals surface area contributed by atoms with E-state index in [0.717, 1.165) is 24.6 Å². The van der Waals surface area contributed by atoms with Crippen LogP contribution in [0.2, 0.25) is 0 Å². The number of benzene rings is 2. The number of morpholine rings is 1. The molecule has 2 saturated heterocycles. The van der Waals surface area contributed by atoms with Gasteiger partial charge >= 0.3 is 0 Å². The minimum atomic E-state index is -3.62. The van der Waals surface area contributed by atoms with Gasteiger partial charge in [0.1, 0.15) is 5.75 Å². The summed E-state index contributed by atoms with van der Waals surface area (Å²) in [5.41, 5.74) is 2.98. The number of methoxy groups -OCH3 is 1. The minimum absolute atomic E-state index is 0.0903. The lowest BCUT2D eigenvalue weighted by atomic mass is 9.99. The number of rotatable bonds is 9. The maximum absolute atomic E-state index is 13.0. The number of piperidine rings is 1. The fourth-order valence-corrected chi connectivity index (χ4v) is 6.29.